The fourth-order valence-corrected chi connectivity index (χ4v) is 2.17. The number of amides is 1. The Morgan fingerprint density at radius 1 is 1.17 bits per heavy atom. The van der Waals surface area contributed by atoms with Crippen molar-refractivity contribution in [1.29, 1.82) is 0 Å². The number of hydrogen-bond donors (Lipinski definition) is 3. The van der Waals surface area contributed by atoms with Gasteiger partial charge >= 0.3 is 0 Å². The Labute approximate surface area is 136 Å². The van der Waals surface area contributed by atoms with E-state index in [-0.39, 0.29) is 6.42 Å². The number of hydrogen-bond acceptors (Lipinski definition) is 3. The molecule has 2 aromatic rings. The second-order valence-corrected chi connectivity index (χ2v) is 5.40. The van der Waals surface area contributed by atoms with Gasteiger partial charge in [-0.15, -0.1) is 0 Å². The van der Waals surface area contributed by atoms with E-state index in [4.69, 9.17) is 5.11 Å². The van der Waals surface area contributed by atoms with Crippen LogP contribution in [0.1, 0.15) is 22.8 Å². The molecule has 3 N–H and O–H groups in total. The highest BCUT2D eigenvalue weighted by molar-refractivity contribution is 5.95. The second kappa shape index (κ2) is 7.35. The lowest BCUT2D eigenvalue weighted by atomic mass is 10.0. The van der Waals surface area contributed by atoms with Crippen LogP contribution < -0.4 is 5.32 Å². The molecule has 0 spiro atoms. The Bertz CT molecular complexity index is 738. The van der Waals surface area contributed by atoms with Gasteiger partial charge in [0.05, 0.1) is 17.7 Å². The third-order valence-corrected chi connectivity index (χ3v) is 3.60. The summed E-state index contributed by atoms with van der Waals surface area (Å²) >= 11 is 0. The van der Waals surface area contributed by atoms with Gasteiger partial charge in [0.2, 0.25) is 5.82 Å². The third-order valence-electron chi connectivity index (χ3n) is 3.60. The van der Waals surface area contributed by atoms with Crippen LogP contribution in [0.5, 0.6) is 5.75 Å². The highest BCUT2D eigenvalue weighted by atomic mass is 19.2. The van der Waals surface area contributed by atoms with Gasteiger partial charge in [-0.1, -0.05) is 30.3 Å². The number of benzene rings is 2. The summed E-state index contributed by atoms with van der Waals surface area (Å²) in [6.07, 6.45) is -0.730. The van der Waals surface area contributed by atoms with Crippen LogP contribution in [0, 0.1) is 17.5 Å². The molecule has 7 heteroatoms. The van der Waals surface area contributed by atoms with Crippen molar-refractivity contribution < 1.29 is 28.2 Å². The topological polar surface area (TPSA) is 69.6 Å². The molecular weight excluding hydrogens is 323 g/mol. The fourth-order valence-electron chi connectivity index (χ4n) is 2.17. The number of rotatable bonds is 5. The Morgan fingerprint density at radius 3 is 2.42 bits per heavy atom. The Hall–Kier alpha value is -2.54. The third kappa shape index (κ3) is 3.86. The van der Waals surface area contributed by atoms with Gasteiger partial charge in [0.15, 0.2) is 17.4 Å². The summed E-state index contributed by atoms with van der Waals surface area (Å²) in [6, 6.07) is 8.58. The summed E-state index contributed by atoms with van der Waals surface area (Å²) in [5.41, 5.74) is -0.00656. The van der Waals surface area contributed by atoms with Crippen LogP contribution in [-0.4, -0.2) is 28.3 Å². The van der Waals surface area contributed by atoms with Crippen molar-refractivity contribution in [2.45, 2.75) is 25.5 Å². The van der Waals surface area contributed by atoms with Gasteiger partial charge in [0.1, 0.15) is 0 Å². The lowest BCUT2D eigenvalue weighted by molar-refractivity contribution is 0.0846. The molecular formula is C17H16F3NO3. The Morgan fingerprint density at radius 2 is 1.79 bits per heavy atom. The highest BCUT2D eigenvalue weighted by Gasteiger charge is 2.25. The normalized spacial score (nSPS) is 13.4. The summed E-state index contributed by atoms with van der Waals surface area (Å²) in [6.45, 7) is 1.49. The standard InChI is InChI=1S/C17H16F3NO3/c1-9(13(22)7-10-5-3-2-4-6-10)21-17(24)11-8-12(18)15(20)16(23)14(11)19/h2-6,8-9,13,22-23H,7H2,1H3,(H,21,24)/t9-,13-/m1/s1. The minimum absolute atomic E-state index is 0.244. The zero-order valence-electron chi connectivity index (χ0n) is 12.8. The first-order valence-corrected chi connectivity index (χ1v) is 7.20. The Balaban J connectivity index is 2.09. The van der Waals surface area contributed by atoms with Crippen molar-refractivity contribution in [2.75, 3.05) is 0 Å². The molecule has 0 aliphatic carbocycles. The SMILES string of the molecule is C[C@@H](NC(=O)c1cc(F)c(F)c(O)c1F)[C@H](O)Cc1ccccc1. The number of phenolic OH excluding ortho intramolecular Hbond substituents is 1. The molecule has 2 atom stereocenters. The maximum atomic E-state index is 13.7. The van der Waals surface area contributed by atoms with Crippen LogP contribution in [0.15, 0.2) is 36.4 Å². The van der Waals surface area contributed by atoms with Gasteiger partial charge in [0.25, 0.3) is 5.91 Å². The molecule has 0 aromatic heterocycles. The van der Waals surface area contributed by atoms with E-state index in [1.54, 1.807) is 24.3 Å². The van der Waals surface area contributed by atoms with Crippen LogP contribution >= 0.6 is 0 Å². The van der Waals surface area contributed by atoms with Crippen LogP contribution in [-0.2, 0) is 6.42 Å². The first-order valence-electron chi connectivity index (χ1n) is 7.20. The first kappa shape index (κ1) is 17.8. The van der Waals surface area contributed by atoms with Crippen LogP contribution in [0.4, 0.5) is 13.2 Å². The minimum atomic E-state index is -1.76. The summed E-state index contributed by atoms with van der Waals surface area (Å²) in [5.74, 6) is -7.49. The van der Waals surface area contributed by atoms with Gasteiger partial charge in [-0.25, -0.2) is 8.78 Å². The smallest absolute Gasteiger partial charge is 0.254 e. The van der Waals surface area contributed by atoms with Crippen molar-refractivity contribution in [3.63, 3.8) is 0 Å². The molecule has 0 fully saturated rings. The van der Waals surface area contributed by atoms with Crippen molar-refractivity contribution in [3.05, 3.63) is 65.0 Å². The average molecular weight is 339 g/mol. The summed E-state index contributed by atoms with van der Waals surface area (Å²) in [7, 11) is 0. The number of phenols is 1. The largest absolute Gasteiger partial charge is 0.503 e. The predicted octanol–water partition coefficient (Wildman–Crippen LogP) is 2.53. The number of nitrogens with one attached hydrogen (secondary N) is 1. The maximum Gasteiger partial charge on any atom is 0.254 e. The molecule has 2 aromatic carbocycles. The van der Waals surface area contributed by atoms with Gasteiger partial charge in [-0.05, 0) is 18.6 Å². The summed E-state index contributed by atoms with van der Waals surface area (Å²) in [5, 5.41) is 21.5. The highest BCUT2D eigenvalue weighted by Crippen LogP contribution is 2.25. The molecule has 2 rings (SSSR count). The van der Waals surface area contributed by atoms with Crippen molar-refractivity contribution in [3.8, 4) is 5.75 Å². The van der Waals surface area contributed by atoms with Crippen molar-refractivity contribution in [1.82, 2.24) is 5.32 Å². The van der Waals surface area contributed by atoms with E-state index in [0.29, 0.717) is 6.07 Å². The lowest BCUT2D eigenvalue weighted by Crippen LogP contribution is -2.42. The number of aromatic hydroxyl groups is 1. The zero-order valence-corrected chi connectivity index (χ0v) is 12.8. The Kier molecular flexibility index (Phi) is 5.46. The van der Waals surface area contributed by atoms with Gasteiger partial charge in [-0.2, -0.15) is 4.39 Å². The summed E-state index contributed by atoms with van der Waals surface area (Å²) in [4.78, 5) is 12.0. The number of halogens is 3. The van der Waals surface area contributed by atoms with Crippen molar-refractivity contribution in [2.24, 2.45) is 0 Å². The van der Waals surface area contributed by atoms with E-state index in [1.165, 1.54) is 6.92 Å². The molecule has 0 bridgehead atoms. The predicted molar refractivity (Wildman–Crippen MR) is 81.1 cm³/mol. The van der Waals surface area contributed by atoms with E-state index < -0.39 is 46.8 Å². The molecule has 0 aliphatic heterocycles. The van der Waals surface area contributed by atoms with Gasteiger partial charge in [-0.3, -0.25) is 4.79 Å². The maximum absolute atomic E-state index is 13.7. The number of aliphatic hydroxyl groups is 1. The molecule has 0 saturated carbocycles. The van der Waals surface area contributed by atoms with Gasteiger partial charge < -0.3 is 15.5 Å². The zero-order chi connectivity index (χ0) is 17.9. The monoisotopic (exact) mass is 339 g/mol. The number of carbonyl (C=O) groups is 1. The number of carbonyl (C=O) groups excluding carboxylic acids is 1. The van der Waals surface area contributed by atoms with E-state index in [0.717, 1.165) is 5.56 Å². The van der Waals surface area contributed by atoms with E-state index >= 15 is 0 Å². The van der Waals surface area contributed by atoms with Crippen LogP contribution in [0.3, 0.4) is 0 Å². The molecule has 1 amide bonds. The summed E-state index contributed by atoms with van der Waals surface area (Å²) < 4.78 is 40.0. The second-order valence-electron chi connectivity index (χ2n) is 5.40. The van der Waals surface area contributed by atoms with E-state index in [1.807, 2.05) is 6.07 Å². The quantitative estimate of drug-likeness (QED) is 0.733. The van der Waals surface area contributed by atoms with E-state index in [2.05, 4.69) is 5.32 Å². The minimum Gasteiger partial charge on any atom is -0.503 e. The molecule has 0 aliphatic rings. The van der Waals surface area contributed by atoms with Crippen LogP contribution in [0.25, 0.3) is 0 Å². The molecule has 4 nitrogen and oxygen atoms in total. The van der Waals surface area contributed by atoms with Crippen LogP contribution in [0.2, 0.25) is 0 Å². The average Bonchev–Trinajstić information content (AvgIpc) is 2.56. The fraction of sp³-hybridized carbons (Fsp3) is 0.235. The van der Waals surface area contributed by atoms with Gasteiger partial charge in [0, 0.05) is 6.42 Å². The first-order chi connectivity index (χ1) is 11.3. The molecule has 0 saturated heterocycles. The molecule has 24 heavy (non-hydrogen) atoms. The molecule has 0 unspecified atom stereocenters. The molecule has 0 radical (unpaired) electrons. The molecule has 128 valence electrons. The lowest BCUT2D eigenvalue weighted by Gasteiger charge is -2.20. The van der Waals surface area contributed by atoms with E-state index in [9.17, 15) is 23.1 Å². The van der Waals surface area contributed by atoms with Crippen molar-refractivity contribution >= 4 is 5.91 Å². The molecule has 0 heterocycles. The number of aliphatic hydroxyl groups excluding tert-OH is 1.